The Hall–Kier alpha value is -1.33. The Morgan fingerprint density at radius 3 is 2.28 bits per heavy atom. The number of hydrogen-bond acceptors (Lipinski definition) is 5. The normalized spacial score (nSPS) is 10.0. The lowest BCUT2D eigenvalue weighted by atomic mass is 10.3. The number of hydrogen-bond donors (Lipinski definition) is 0. The lowest BCUT2D eigenvalue weighted by molar-refractivity contribution is 0.0511. The maximum atomic E-state index is 11.6. The van der Waals surface area contributed by atoms with Crippen LogP contribution in [0.4, 0.5) is 0 Å². The van der Waals surface area contributed by atoms with Crippen molar-refractivity contribution in [2.24, 2.45) is 0 Å². The third-order valence-corrected chi connectivity index (χ3v) is 2.64. The van der Waals surface area contributed by atoms with Gasteiger partial charge in [-0.15, -0.1) is 0 Å². The molecular weight excluding hydrogens is 281 g/mol. The SMILES string of the molecule is CCOC(=O)c1cc(Cl)c(Cl)c(C(=O)OCC)n1. The molecule has 7 heteroatoms. The highest BCUT2D eigenvalue weighted by molar-refractivity contribution is 6.43. The molecule has 0 aliphatic heterocycles. The number of carbonyl (C=O) groups is 2. The number of ether oxygens (including phenoxy) is 2. The molecule has 0 aliphatic carbocycles. The summed E-state index contributed by atoms with van der Waals surface area (Å²) in [6.07, 6.45) is 0. The zero-order valence-electron chi connectivity index (χ0n) is 9.83. The highest BCUT2D eigenvalue weighted by Crippen LogP contribution is 2.26. The Labute approximate surface area is 114 Å². The van der Waals surface area contributed by atoms with E-state index in [-0.39, 0.29) is 34.6 Å². The monoisotopic (exact) mass is 291 g/mol. The van der Waals surface area contributed by atoms with Crippen LogP contribution >= 0.6 is 23.2 Å². The molecule has 0 saturated carbocycles. The van der Waals surface area contributed by atoms with Gasteiger partial charge in [0.25, 0.3) is 0 Å². The zero-order chi connectivity index (χ0) is 13.7. The summed E-state index contributed by atoms with van der Waals surface area (Å²) in [7, 11) is 0. The Morgan fingerprint density at radius 2 is 1.72 bits per heavy atom. The molecule has 0 aliphatic rings. The molecule has 98 valence electrons. The third kappa shape index (κ3) is 3.34. The molecule has 0 fully saturated rings. The van der Waals surface area contributed by atoms with Gasteiger partial charge in [0.05, 0.1) is 23.3 Å². The first-order valence-electron chi connectivity index (χ1n) is 5.21. The summed E-state index contributed by atoms with van der Waals surface area (Å²) >= 11 is 11.7. The Morgan fingerprint density at radius 1 is 1.17 bits per heavy atom. The molecule has 1 rings (SSSR count). The maximum Gasteiger partial charge on any atom is 0.358 e. The number of rotatable bonds is 4. The molecule has 0 bridgehead atoms. The van der Waals surface area contributed by atoms with Crippen LogP contribution < -0.4 is 0 Å². The van der Waals surface area contributed by atoms with Gasteiger partial charge in [-0.1, -0.05) is 23.2 Å². The van der Waals surface area contributed by atoms with E-state index in [0.29, 0.717) is 0 Å². The van der Waals surface area contributed by atoms with Crippen molar-refractivity contribution >= 4 is 35.1 Å². The van der Waals surface area contributed by atoms with E-state index in [0.717, 1.165) is 0 Å². The molecule has 1 aromatic heterocycles. The summed E-state index contributed by atoms with van der Waals surface area (Å²) in [6.45, 7) is 3.65. The second-order valence-corrected chi connectivity index (χ2v) is 3.88. The minimum Gasteiger partial charge on any atom is -0.461 e. The van der Waals surface area contributed by atoms with Crippen molar-refractivity contribution in [3.8, 4) is 0 Å². The Bertz CT molecular complexity index is 476. The average Bonchev–Trinajstić information content (AvgIpc) is 2.32. The van der Waals surface area contributed by atoms with Crippen LogP contribution in [0.15, 0.2) is 6.07 Å². The van der Waals surface area contributed by atoms with Gasteiger partial charge in [-0.25, -0.2) is 14.6 Å². The molecule has 1 aromatic rings. The Kier molecular flexibility index (Phi) is 5.37. The predicted molar refractivity (Wildman–Crippen MR) is 66.2 cm³/mol. The quantitative estimate of drug-likeness (QED) is 0.798. The molecule has 0 saturated heterocycles. The highest BCUT2D eigenvalue weighted by Gasteiger charge is 2.21. The molecule has 0 spiro atoms. The van der Waals surface area contributed by atoms with Crippen LogP contribution in [-0.2, 0) is 9.47 Å². The fraction of sp³-hybridized carbons (Fsp3) is 0.364. The van der Waals surface area contributed by atoms with Gasteiger partial charge >= 0.3 is 11.9 Å². The van der Waals surface area contributed by atoms with Crippen LogP contribution in [0.3, 0.4) is 0 Å². The van der Waals surface area contributed by atoms with E-state index in [2.05, 4.69) is 4.98 Å². The molecule has 1 heterocycles. The van der Waals surface area contributed by atoms with Gasteiger partial charge in [0.2, 0.25) is 0 Å². The van der Waals surface area contributed by atoms with Gasteiger partial charge < -0.3 is 9.47 Å². The number of aromatic nitrogens is 1. The van der Waals surface area contributed by atoms with Crippen molar-refractivity contribution in [3.63, 3.8) is 0 Å². The van der Waals surface area contributed by atoms with Crippen LogP contribution in [0, 0.1) is 0 Å². The van der Waals surface area contributed by atoms with Crippen LogP contribution in [0.1, 0.15) is 34.8 Å². The molecule has 5 nitrogen and oxygen atoms in total. The molecule has 0 amide bonds. The fourth-order valence-corrected chi connectivity index (χ4v) is 1.51. The predicted octanol–water partition coefficient (Wildman–Crippen LogP) is 2.74. The van der Waals surface area contributed by atoms with Gasteiger partial charge in [-0.2, -0.15) is 0 Å². The summed E-state index contributed by atoms with van der Waals surface area (Å²) in [6, 6.07) is 1.24. The molecule has 0 radical (unpaired) electrons. The fourth-order valence-electron chi connectivity index (χ4n) is 1.14. The van der Waals surface area contributed by atoms with Crippen LogP contribution in [0.5, 0.6) is 0 Å². The first-order valence-corrected chi connectivity index (χ1v) is 5.97. The molecular formula is C11H11Cl2NO4. The van der Waals surface area contributed by atoms with Crippen LogP contribution in [0.25, 0.3) is 0 Å². The minimum atomic E-state index is -0.740. The third-order valence-electron chi connectivity index (χ3n) is 1.87. The molecule has 0 atom stereocenters. The van der Waals surface area contributed by atoms with Gasteiger partial charge in [0.15, 0.2) is 11.4 Å². The van der Waals surface area contributed by atoms with Gasteiger partial charge in [0.1, 0.15) is 0 Å². The number of esters is 2. The second kappa shape index (κ2) is 6.56. The number of halogens is 2. The first kappa shape index (κ1) is 14.7. The van der Waals surface area contributed by atoms with Crippen LogP contribution in [-0.4, -0.2) is 30.1 Å². The van der Waals surface area contributed by atoms with E-state index in [4.69, 9.17) is 32.7 Å². The first-order chi connectivity index (χ1) is 8.51. The van der Waals surface area contributed by atoms with E-state index in [1.165, 1.54) is 6.07 Å². The lowest BCUT2D eigenvalue weighted by Crippen LogP contribution is -2.13. The summed E-state index contributed by atoms with van der Waals surface area (Å²) < 4.78 is 9.52. The average molecular weight is 292 g/mol. The van der Waals surface area contributed by atoms with E-state index in [9.17, 15) is 9.59 Å². The molecule has 0 N–H and O–H groups in total. The second-order valence-electron chi connectivity index (χ2n) is 3.09. The van der Waals surface area contributed by atoms with Gasteiger partial charge in [-0.05, 0) is 19.9 Å². The summed E-state index contributed by atoms with van der Waals surface area (Å²) in [5.74, 6) is -1.42. The van der Waals surface area contributed by atoms with E-state index >= 15 is 0 Å². The van der Waals surface area contributed by atoms with Crippen molar-refractivity contribution in [1.82, 2.24) is 4.98 Å². The van der Waals surface area contributed by atoms with E-state index in [1.807, 2.05) is 0 Å². The van der Waals surface area contributed by atoms with Crippen molar-refractivity contribution in [2.75, 3.05) is 13.2 Å². The largest absolute Gasteiger partial charge is 0.461 e. The number of pyridine rings is 1. The summed E-state index contributed by atoms with van der Waals surface area (Å²) in [5.41, 5.74) is -0.289. The topological polar surface area (TPSA) is 65.5 Å². The Balaban J connectivity index is 3.18. The lowest BCUT2D eigenvalue weighted by Gasteiger charge is -2.07. The molecule has 18 heavy (non-hydrogen) atoms. The zero-order valence-corrected chi connectivity index (χ0v) is 11.3. The molecule has 0 aromatic carbocycles. The minimum absolute atomic E-state index is 0.0396. The van der Waals surface area contributed by atoms with E-state index < -0.39 is 11.9 Å². The maximum absolute atomic E-state index is 11.6. The summed E-state index contributed by atoms with van der Waals surface area (Å²) in [5, 5.41) is -0.0130. The van der Waals surface area contributed by atoms with E-state index in [1.54, 1.807) is 13.8 Å². The number of nitrogens with zero attached hydrogens (tertiary/aromatic N) is 1. The van der Waals surface area contributed by atoms with Crippen LogP contribution in [0.2, 0.25) is 10.0 Å². The van der Waals surface area contributed by atoms with Gasteiger partial charge in [0, 0.05) is 0 Å². The van der Waals surface area contributed by atoms with Gasteiger partial charge in [-0.3, -0.25) is 0 Å². The molecule has 0 unspecified atom stereocenters. The van der Waals surface area contributed by atoms with Crippen molar-refractivity contribution in [2.45, 2.75) is 13.8 Å². The number of carbonyl (C=O) groups excluding carboxylic acids is 2. The summed E-state index contributed by atoms with van der Waals surface area (Å²) in [4.78, 5) is 26.9. The standard InChI is InChI=1S/C11H11Cl2NO4/c1-3-17-10(15)7-5-6(12)8(13)9(14-7)11(16)18-4-2/h5H,3-4H2,1-2H3. The van der Waals surface area contributed by atoms with Crippen molar-refractivity contribution in [1.29, 1.82) is 0 Å². The van der Waals surface area contributed by atoms with Crippen molar-refractivity contribution < 1.29 is 19.1 Å². The highest BCUT2D eigenvalue weighted by atomic mass is 35.5. The van der Waals surface area contributed by atoms with Crippen molar-refractivity contribution in [3.05, 3.63) is 27.5 Å². The smallest absolute Gasteiger partial charge is 0.358 e.